The van der Waals surface area contributed by atoms with E-state index in [1.807, 2.05) is 43.0 Å². The molecule has 31 heavy (non-hydrogen) atoms. The van der Waals surface area contributed by atoms with Crippen LogP contribution in [-0.4, -0.2) is 62.3 Å². The molecule has 0 spiro atoms. The number of hydrogen-bond acceptors (Lipinski definition) is 4. The zero-order valence-electron chi connectivity index (χ0n) is 19.1. The Balaban J connectivity index is 1.51. The average Bonchev–Trinajstić information content (AvgIpc) is 3.60. The molecule has 1 heterocycles. The van der Waals surface area contributed by atoms with Crippen molar-refractivity contribution in [1.29, 1.82) is 0 Å². The summed E-state index contributed by atoms with van der Waals surface area (Å²) in [4.78, 5) is 19.0. The van der Waals surface area contributed by atoms with Gasteiger partial charge in [0.1, 0.15) is 12.3 Å². The van der Waals surface area contributed by atoms with E-state index >= 15 is 0 Å². The van der Waals surface area contributed by atoms with Crippen LogP contribution in [-0.2, 0) is 9.53 Å². The van der Waals surface area contributed by atoms with Crippen LogP contribution in [0.3, 0.4) is 0 Å². The fourth-order valence-electron chi connectivity index (χ4n) is 3.47. The van der Waals surface area contributed by atoms with Crippen LogP contribution >= 0.6 is 0 Å². The van der Waals surface area contributed by atoms with Gasteiger partial charge in [0.15, 0.2) is 5.96 Å². The van der Waals surface area contributed by atoms with Crippen molar-refractivity contribution >= 4 is 17.6 Å². The second-order valence-electron chi connectivity index (χ2n) is 8.72. The minimum absolute atomic E-state index is 0.0919. The molecule has 0 bridgehead atoms. The number of likely N-dealkylation sites (tertiary alicyclic amines) is 1. The summed E-state index contributed by atoms with van der Waals surface area (Å²) < 4.78 is 11.4. The molecule has 7 nitrogen and oxygen atoms in total. The lowest BCUT2D eigenvalue weighted by molar-refractivity contribution is -0.130. The molecule has 3 rings (SSSR count). The Labute approximate surface area is 186 Å². The molecule has 1 aliphatic heterocycles. The number of nitrogens with zero attached hydrogens (tertiary/aromatic N) is 2. The minimum Gasteiger partial charge on any atom is -0.491 e. The van der Waals surface area contributed by atoms with Gasteiger partial charge >= 0.3 is 0 Å². The van der Waals surface area contributed by atoms with Crippen LogP contribution in [0.15, 0.2) is 29.3 Å². The number of aliphatic imine (C=N–C) groups is 1. The van der Waals surface area contributed by atoms with Crippen molar-refractivity contribution < 1.29 is 14.3 Å². The Morgan fingerprint density at radius 1 is 1.16 bits per heavy atom. The summed E-state index contributed by atoms with van der Waals surface area (Å²) in [5.41, 5.74) is 0.901. The van der Waals surface area contributed by atoms with Gasteiger partial charge in [-0.25, -0.2) is 4.99 Å². The van der Waals surface area contributed by atoms with E-state index in [2.05, 4.69) is 15.6 Å². The van der Waals surface area contributed by atoms with Crippen LogP contribution in [0.1, 0.15) is 52.4 Å². The van der Waals surface area contributed by atoms with Crippen LogP contribution in [0.25, 0.3) is 0 Å². The quantitative estimate of drug-likeness (QED) is 0.318. The predicted molar refractivity (Wildman–Crippen MR) is 125 cm³/mol. The second kappa shape index (κ2) is 12.5. The molecule has 2 fully saturated rings. The van der Waals surface area contributed by atoms with E-state index in [0.29, 0.717) is 5.96 Å². The summed E-state index contributed by atoms with van der Waals surface area (Å²) in [6.07, 6.45) is 7.04. The summed E-state index contributed by atoms with van der Waals surface area (Å²) in [5, 5.41) is 6.64. The van der Waals surface area contributed by atoms with E-state index < -0.39 is 0 Å². The number of ether oxygens (including phenoxy) is 2. The number of amides is 1. The number of benzene rings is 1. The maximum Gasteiger partial charge on any atom is 0.244 e. The minimum atomic E-state index is 0.0919. The number of carbonyl (C=O) groups excluding carboxylic acids is 1. The molecule has 0 atom stereocenters. The molecule has 2 aliphatic rings. The van der Waals surface area contributed by atoms with Crippen LogP contribution in [0.4, 0.5) is 5.69 Å². The molecule has 0 aromatic heterocycles. The molecule has 1 aliphatic carbocycles. The SMILES string of the molecule is CC(C)Oc1ccc(NC(=NCC(=O)N2CCCCC2)NCCCOCC2CC2)cc1. The molecular weight excluding hydrogens is 392 g/mol. The molecule has 1 aromatic rings. The summed E-state index contributed by atoms with van der Waals surface area (Å²) in [6.45, 7) is 8.23. The maximum atomic E-state index is 12.5. The largest absolute Gasteiger partial charge is 0.491 e. The van der Waals surface area contributed by atoms with Gasteiger partial charge < -0.3 is 25.0 Å². The van der Waals surface area contributed by atoms with E-state index in [4.69, 9.17) is 9.47 Å². The first-order valence-corrected chi connectivity index (χ1v) is 11.8. The zero-order valence-corrected chi connectivity index (χ0v) is 19.1. The summed E-state index contributed by atoms with van der Waals surface area (Å²) >= 11 is 0. The molecule has 2 N–H and O–H groups in total. The van der Waals surface area contributed by atoms with Gasteiger partial charge in [0.05, 0.1) is 6.10 Å². The summed E-state index contributed by atoms with van der Waals surface area (Å²) in [5.74, 6) is 2.33. The molecule has 7 heteroatoms. The Morgan fingerprint density at radius 3 is 2.58 bits per heavy atom. The first kappa shape index (κ1) is 23.4. The molecule has 1 saturated carbocycles. The number of guanidine groups is 1. The lowest BCUT2D eigenvalue weighted by Gasteiger charge is -2.26. The third-order valence-electron chi connectivity index (χ3n) is 5.38. The lowest BCUT2D eigenvalue weighted by atomic mass is 10.1. The van der Waals surface area contributed by atoms with E-state index in [1.165, 1.54) is 19.3 Å². The van der Waals surface area contributed by atoms with E-state index in [1.54, 1.807) is 0 Å². The standard InChI is InChI=1S/C24H38N4O3/c1-19(2)31-22-11-9-21(10-12-22)27-24(25-13-6-16-30-18-20-7-8-20)26-17-23(29)28-14-4-3-5-15-28/h9-12,19-20H,3-8,13-18H2,1-2H3,(H2,25,26,27). The highest BCUT2D eigenvalue weighted by molar-refractivity contribution is 5.95. The number of rotatable bonds is 11. The molecule has 0 radical (unpaired) electrons. The van der Waals surface area contributed by atoms with Crippen molar-refractivity contribution in [3.63, 3.8) is 0 Å². The van der Waals surface area contributed by atoms with E-state index in [9.17, 15) is 4.79 Å². The van der Waals surface area contributed by atoms with Crippen molar-refractivity contribution in [2.75, 3.05) is 44.7 Å². The van der Waals surface area contributed by atoms with Crippen LogP contribution in [0, 0.1) is 5.92 Å². The number of hydrogen-bond donors (Lipinski definition) is 2. The number of piperidine rings is 1. The summed E-state index contributed by atoms with van der Waals surface area (Å²) in [7, 11) is 0. The third kappa shape index (κ3) is 9.17. The van der Waals surface area contributed by atoms with Gasteiger partial charge in [-0.3, -0.25) is 4.79 Å². The zero-order chi connectivity index (χ0) is 21.9. The van der Waals surface area contributed by atoms with Crippen LogP contribution < -0.4 is 15.4 Å². The van der Waals surface area contributed by atoms with E-state index in [-0.39, 0.29) is 18.6 Å². The normalized spacial score (nSPS) is 17.0. The highest BCUT2D eigenvalue weighted by Gasteiger charge is 2.20. The van der Waals surface area contributed by atoms with Crippen molar-refractivity contribution in [1.82, 2.24) is 10.2 Å². The Morgan fingerprint density at radius 2 is 1.90 bits per heavy atom. The van der Waals surface area contributed by atoms with Gasteiger partial charge in [-0.2, -0.15) is 0 Å². The first-order valence-electron chi connectivity index (χ1n) is 11.8. The molecule has 1 saturated heterocycles. The van der Waals surface area contributed by atoms with Crippen molar-refractivity contribution in [3.05, 3.63) is 24.3 Å². The topological polar surface area (TPSA) is 75.2 Å². The fourth-order valence-corrected chi connectivity index (χ4v) is 3.47. The molecule has 172 valence electrons. The first-order chi connectivity index (χ1) is 15.1. The number of anilines is 1. The Hall–Kier alpha value is -2.28. The molecular formula is C24H38N4O3. The van der Waals surface area contributed by atoms with Crippen molar-refractivity contribution in [2.24, 2.45) is 10.9 Å². The monoisotopic (exact) mass is 430 g/mol. The average molecular weight is 431 g/mol. The number of nitrogens with one attached hydrogen (secondary N) is 2. The van der Waals surface area contributed by atoms with Gasteiger partial charge in [-0.15, -0.1) is 0 Å². The maximum absolute atomic E-state index is 12.5. The molecule has 0 unspecified atom stereocenters. The highest BCUT2D eigenvalue weighted by Crippen LogP contribution is 2.28. The van der Waals surface area contributed by atoms with Crippen molar-refractivity contribution in [3.8, 4) is 5.75 Å². The Kier molecular flexibility index (Phi) is 9.46. The van der Waals surface area contributed by atoms with Gasteiger partial charge in [0.25, 0.3) is 0 Å². The number of carbonyl (C=O) groups is 1. The fraction of sp³-hybridized carbons (Fsp3) is 0.667. The van der Waals surface area contributed by atoms with E-state index in [0.717, 1.165) is 69.5 Å². The molecule has 1 amide bonds. The van der Waals surface area contributed by atoms with Gasteiger partial charge in [-0.05, 0) is 82.6 Å². The van der Waals surface area contributed by atoms with Gasteiger partial charge in [0.2, 0.25) is 5.91 Å². The summed E-state index contributed by atoms with van der Waals surface area (Å²) in [6, 6.07) is 7.79. The molecule has 1 aromatic carbocycles. The van der Waals surface area contributed by atoms with Crippen LogP contribution in [0.5, 0.6) is 5.75 Å². The van der Waals surface area contributed by atoms with Crippen LogP contribution in [0.2, 0.25) is 0 Å². The second-order valence-corrected chi connectivity index (χ2v) is 8.72. The lowest BCUT2D eigenvalue weighted by Crippen LogP contribution is -2.38. The van der Waals surface area contributed by atoms with Gasteiger partial charge in [-0.1, -0.05) is 0 Å². The third-order valence-corrected chi connectivity index (χ3v) is 5.38. The van der Waals surface area contributed by atoms with Gasteiger partial charge in [0, 0.05) is 38.5 Å². The smallest absolute Gasteiger partial charge is 0.244 e. The predicted octanol–water partition coefficient (Wildman–Crippen LogP) is 3.66. The Bertz CT molecular complexity index is 695. The highest BCUT2D eigenvalue weighted by atomic mass is 16.5. The van der Waals surface area contributed by atoms with Crippen molar-refractivity contribution in [2.45, 2.75) is 58.5 Å².